The minimum atomic E-state index is -0.219. The van der Waals surface area contributed by atoms with Gasteiger partial charge in [-0.3, -0.25) is 4.79 Å². The number of amides is 1. The van der Waals surface area contributed by atoms with Gasteiger partial charge in [-0.1, -0.05) is 29.3 Å². The Labute approximate surface area is 165 Å². The highest BCUT2D eigenvalue weighted by Gasteiger charge is 2.07. The first kappa shape index (κ1) is 20.1. The maximum Gasteiger partial charge on any atom is 0.250 e. The molecule has 0 fully saturated rings. The van der Waals surface area contributed by atoms with Crippen LogP contribution in [0.2, 0.25) is 10.0 Å². The quantitative estimate of drug-likeness (QED) is 0.523. The summed E-state index contributed by atoms with van der Waals surface area (Å²) in [7, 11) is 0. The third-order valence-electron chi connectivity index (χ3n) is 3.13. The van der Waals surface area contributed by atoms with E-state index in [2.05, 4.69) is 10.5 Å². The molecule has 1 N–H and O–H groups in total. The second kappa shape index (κ2) is 10.7. The first-order valence-corrected chi connectivity index (χ1v) is 9.43. The lowest BCUT2D eigenvalue weighted by Crippen LogP contribution is -2.19. The third-order valence-corrected chi connectivity index (χ3v) is 4.79. The molecule has 0 bridgehead atoms. The molecule has 134 valence electrons. The van der Waals surface area contributed by atoms with Gasteiger partial charge in [-0.15, -0.1) is 11.8 Å². The molecular weight excluding hydrogens is 393 g/mol. The Morgan fingerprint density at radius 3 is 2.58 bits per heavy atom. The van der Waals surface area contributed by atoms with Crippen LogP contribution in [0.25, 0.3) is 0 Å². The van der Waals surface area contributed by atoms with Crippen LogP contribution in [0, 0.1) is 11.3 Å². The number of ether oxygens (including phenoxy) is 1. The molecule has 0 saturated carbocycles. The Morgan fingerprint density at radius 1 is 1.23 bits per heavy atom. The number of carbonyl (C=O) groups excluding carboxylic acids is 1. The lowest BCUT2D eigenvalue weighted by molar-refractivity contribution is -0.118. The van der Waals surface area contributed by atoms with Crippen LogP contribution in [0.15, 0.2) is 47.6 Å². The minimum absolute atomic E-state index is 0.000561. The van der Waals surface area contributed by atoms with Crippen molar-refractivity contribution in [3.63, 3.8) is 0 Å². The zero-order valence-electron chi connectivity index (χ0n) is 13.6. The number of hydrogen-bond donors (Lipinski definition) is 1. The first-order valence-electron chi connectivity index (χ1n) is 7.52. The van der Waals surface area contributed by atoms with Crippen molar-refractivity contribution in [3.8, 4) is 11.8 Å². The molecule has 0 spiro atoms. The smallest absolute Gasteiger partial charge is 0.250 e. The van der Waals surface area contributed by atoms with Gasteiger partial charge in [0.15, 0.2) is 6.61 Å². The topological polar surface area (TPSA) is 74.5 Å². The molecule has 0 aromatic heterocycles. The molecule has 2 aromatic carbocycles. The third kappa shape index (κ3) is 6.60. The summed E-state index contributed by atoms with van der Waals surface area (Å²) in [4.78, 5) is 11.8. The molecule has 0 unspecified atom stereocenters. The van der Waals surface area contributed by atoms with Crippen molar-refractivity contribution in [1.29, 1.82) is 5.26 Å². The summed E-state index contributed by atoms with van der Waals surface area (Å²) in [5.41, 5.74) is 4.08. The second-order valence-electron chi connectivity index (χ2n) is 5.00. The average molecular weight is 408 g/mol. The first-order chi connectivity index (χ1) is 12.6. The van der Waals surface area contributed by atoms with Crippen LogP contribution < -0.4 is 10.2 Å². The lowest BCUT2D eigenvalue weighted by atomic mass is 10.2. The molecule has 5 nitrogen and oxygen atoms in total. The van der Waals surface area contributed by atoms with Gasteiger partial charge in [0.2, 0.25) is 5.91 Å². The molecule has 2 aromatic rings. The van der Waals surface area contributed by atoms with Crippen molar-refractivity contribution in [3.05, 3.63) is 63.6 Å². The fourth-order valence-electron chi connectivity index (χ4n) is 1.89. The molecule has 0 atom stereocenters. The predicted molar refractivity (Wildman–Crippen MR) is 106 cm³/mol. The molecule has 0 heterocycles. The number of nitrogens with one attached hydrogen (secondary N) is 1. The van der Waals surface area contributed by atoms with Gasteiger partial charge < -0.3 is 4.74 Å². The fraction of sp³-hybridized carbons (Fsp3) is 0.167. The van der Waals surface area contributed by atoms with E-state index < -0.39 is 0 Å². The van der Waals surface area contributed by atoms with Crippen LogP contribution in [0.4, 0.5) is 0 Å². The van der Waals surface area contributed by atoms with E-state index in [1.807, 2.05) is 6.07 Å². The second-order valence-corrected chi connectivity index (χ2v) is 6.80. The molecule has 8 heteroatoms. The highest BCUT2D eigenvalue weighted by atomic mass is 35.5. The molecule has 2 rings (SSSR count). The average Bonchev–Trinajstić information content (AvgIpc) is 2.63. The van der Waals surface area contributed by atoms with Crippen molar-refractivity contribution in [2.24, 2.45) is 5.10 Å². The minimum Gasteiger partial charge on any atom is -0.479 e. The summed E-state index contributed by atoms with van der Waals surface area (Å²) in [6.07, 6.45) is 1.53. The Balaban J connectivity index is 1.74. The normalized spacial score (nSPS) is 10.5. The van der Waals surface area contributed by atoms with E-state index >= 15 is 0 Å². The van der Waals surface area contributed by atoms with Crippen molar-refractivity contribution < 1.29 is 9.53 Å². The number of rotatable bonds is 8. The molecule has 0 aliphatic carbocycles. The highest BCUT2D eigenvalue weighted by molar-refractivity contribution is 7.99. The SMILES string of the molecule is N#CCOc1ccc(/C=N\NC(=O)CSCc2c(Cl)cccc2Cl)cc1. The number of carbonyl (C=O) groups is 1. The van der Waals surface area contributed by atoms with E-state index in [1.165, 1.54) is 18.0 Å². The maximum atomic E-state index is 11.8. The predicted octanol–water partition coefficient (Wildman–Crippen LogP) is 4.28. The summed E-state index contributed by atoms with van der Waals surface area (Å²) < 4.78 is 5.15. The molecule has 0 saturated heterocycles. The number of nitriles is 1. The maximum absolute atomic E-state index is 11.8. The molecular formula is C18H15Cl2N3O2S. The number of hydrazone groups is 1. The number of thioether (sulfide) groups is 1. The summed E-state index contributed by atoms with van der Waals surface area (Å²) in [5.74, 6) is 1.16. The van der Waals surface area contributed by atoms with Gasteiger partial charge in [-0.25, -0.2) is 5.43 Å². The zero-order valence-corrected chi connectivity index (χ0v) is 15.9. The molecule has 1 amide bonds. The number of halogens is 2. The lowest BCUT2D eigenvalue weighted by Gasteiger charge is -2.06. The largest absolute Gasteiger partial charge is 0.479 e. The van der Waals surface area contributed by atoms with E-state index in [0.29, 0.717) is 21.5 Å². The van der Waals surface area contributed by atoms with Crippen LogP contribution in [0.3, 0.4) is 0 Å². The summed E-state index contributed by atoms with van der Waals surface area (Å²) in [6, 6.07) is 14.2. The number of nitrogens with zero attached hydrogens (tertiary/aromatic N) is 2. The van der Waals surface area contributed by atoms with Gasteiger partial charge in [-0.05, 0) is 47.5 Å². The number of benzene rings is 2. The fourth-order valence-corrected chi connectivity index (χ4v) is 3.45. The van der Waals surface area contributed by atoms with Crippen molar-refractivity contribution in [2.75, 3.05) is 12.4 Å². The van der Waals surface area contributed by atoms with E-state index in [9.17, 15) is 4.79 Å². The Bertz CT molecular complexity index is 800. The van der Waals surface area contributed by atoms with Crippen molar-refractivity contribution in [1.82, 2.24) is 5.43 Å². The standard InChI is InChI=1S/C18H15Cl2N3O2S/c19-16-2-1-3-17(20)15(16)11-26-12-18(24)23-22-10-13-4-6-14(7-5-13)25-9-8-21/h1-7,10H,9,11-12H2,(H,23,24)/b22-10-. The summed E-state index contributed by atoms with van der Waals surface area (Å²) in [6.45, 7) is 0.000561. The van der Waals surface area contributed by atoms with Crippen molar-refractivity contribution >= 4 is 47.1 Å². The summed E-state index contributed by atoms with van der Waals surface area (Å²) >= 11 is 13.6. The summed E-state index contributed by atoms with van der Waals surface area (Å²) in [5, 5.41) is 13.5. The van der Waals surface area contributed by atoms with Crippen LogP contribution in [-0.2, 0) is 10.5 Å². The van der Waals surface area contributed by atoms with Gasteiger partial charge in [0, 0.05) is 15.8 Å². The molecule has 0 aliphatic heterocycles. The zero-order chi connectivity index (χ0) is 18.8. The Morgan fingerprint density at radius 2 is 1.92 bits per heavy atom. The van der Waals surface area contributed by atoms with Crippen LogP contribution >= 0.6 is 35.0 Å². The van der Waals surface area contributed by atoms with Crippen LogP contribution in [0.5, 0.6) is 5.75 Å². The van der Waals surface area contributed by atoms with E-state index in [4.69, 9.17) is 33.2 Å². The Hall–Kier alpha value is -2.20. The van der Waals surface area contributed by atoms with Crippen LogP contribution in [0.1, 0.15) is 11.1 Å². The van der Waals surface area contributed by atoms with Crippen molar-refractivity contribution in [2.45, 2.75) is 5.75 Å². The number of hydrogen-bond acceptors (Lipinski definition) is 5. The van der Waals surface area contributed by atoms with E-state index in [1.54, 1.807) is 42.5 Å². The Kier molecular flexibility index (Phi) is 8.29. The molecule has 26 heavy (non-hydrogen) atoms. The van der Waals surface area contributed by atoms with Crippen LogP contribution in [-0.4, -0.2) is 24.5 Å². The van der Waals surface area contributed by atoms with E-state index in [-0.39, 0.29) is 18.3 Å². The molecule has 0 radical (unpaired) electrons. The monoisotopic (exact) mass is 407 g/mol. The van der Waals surface area contributed by atoms with Gasteiger partial charge >= 0.3 is 0 Å². The van der Waals surface area contributed by atoms with Gasteiger partial charge in [0.1, 0.15) is 11.8 Å². The van der Waals surface area contributed by atoms with Gasteiger partial charge in [0.05, 0.1) is 12.0 Å². The van der Waals surface area contributed by atoms with Gasteiger partial charge in [0.25, 0.3) is 0 Å². The molecule has 0 aliphatic rings. The van der Waals surface area contributed by atoms with E-state index in [0.717, 1.165) is 11.1 Å². The highest BCUT2D eigenvalue weighted by Crippen LogP contribution is 2.28. The van der Waals surface area contributed by atoms with Gasteiger partial charge in [-0.2, -0.15) is 10.4 Å².